The third-order valence-electron chi connectivity index (χ3n) is 3.02. The molecule has 1 N–H and O–H groups in total. The summed E-state index contributed by atoms with van der Waals surface area (Å²) in [6.07, 6.45) is 3.07. The van der Waals surface area contributed by atoms with E-state index in [-0.39, 0.29) is 11.7 Å². The fourth-order valence-electron chi connectivity index (χ4n) is 1.93. The molecule has 2 aromatic rings. The molecule has 2 rings (SSSR count). The standard InChI is InChI=1S/C18H18FNO2/c1-2-22-17-6-4-3-5-15(17)13-20-18(21)12-9-14-7-10-16(19)11-8-14/h3-12H,2,13H2,1H3,(H,20,21)/b12-9+. The number of ether oxygens (including phenoxy) is 1. The van der Waals surface area contributed by atoms with Crippen LogP contribution in [0.1, 0.15) is 18.1 Å². The van der Waals surface area contributed by atoms with Crippen molar-refractivity contribution in [3.8, 4) is 5.75 Å². The lowest BCUT2D eigenvalue weighted by Crippen LogP contribution is -2.20. The fraction of sp³-hybridized carbons (Fsp3) is 0.167. The zero-order chi connectivity index (χ0) is 15.8. The van der Waals surface area contributed by atoms with Gasteiger partial charge in [-0.05, 0) is 36.8 Å². The Balaban J connectivity index is 1.91. The first kappa shape index (κ1) is 15.8. The summed E-state index contributed by atoms with van der Waals surface area (Å²) in [7, 11) is 0. The van der Waals surface area contributed by atoms with Crippen molar-refractivity contribution >= 4 is 12.0 Å². The van der Waals surface area contributed by atoms with E-state index in [1.54, 1.807) is 18.2 Å². The molecule has 114 valence electrons. The summed E-state index contributed by atoms with van der Waals surface area (Å²) >= 11 is 0. The molecule has 0 saturated carbocycles. The number of hydrogen-bond acceptors (Lipinski definition) is 2. The van der Waals surface area contributed by atoms with Crippen molar-refractivity contribution in [2.24, 2.45) is 0 Å². The number of benzene rings is 2. The van der Waals surface area contributed by atoms with Gasteiger partial charge in [0.05, 0.1) is 6.61 Å². The van der Waals surface area contributed by atoms with Crippen molar-refractivity contribution in [2.45, 2.75) is 13.5 Å². The van der Waals surface area contributed by atoms with Crippen molar-refractivity contribution in [3.63, 3.8) is 0 Å². The van der Waals surface area contributed by atoms with Crippen molar-refractivity contribution in [1.29, 1.82) is 0 Å². The average molecular weight is 299 g/mol. The Hall–Kier alpha value is -2.62. The van der Waals surface area contributed by atoms with Crippen molar-refractivity contribution < 1.29 is 13.9 Å². The first-order valence-corrected chi connectivity index (χ1v) is 7.11. The summed E-state index contributed by atoms with van der Waals surface area (Å²) in [6.45, 7) is 2.89. The second kappa shape index (κ2) is 7.98. The topological polar surface area (TPSA) is 38.3 Å². The van der Waals surface area contributed by atoms with E-state index in [9.17, 15) is 9.18 Å². The molecule has 0 radical (unpaired) electrons. The van der Waals surface area contributed by atoms with Crippen LogP contribution >= 0.6 is 0 Å². The lowest BCUT2D eigenvalue weighted by Gasteiger charge is -2.09. The molecule has 0 aliphatic heterocycles. The number of amides is 1. The minimum absolute atomic E-state index is 0.212. The van der Waals surface area contributed by atoms with Gasteiger partial charge in [-0.2, -0.15) is 0 Å². The van der Waals surface area contributed by atoms with Crippen LogP contribution in [-0.4, -0.2) is 12.5 Å². The Labute approximate surface area is 129 Å². The second-order valence-electron chi connectivity index (χ2n) is 4.64. The summed E-state index contributed by atoms with van der Waals surface area (Å²) in [5.41, 5.74) is 1.69. The predicted octanol–water partition coefficient (Wildman–Crippen LogP) is 3.55. The van der Waals surface area contributed by atoms with E-state index < -0.39 is 0 Å². The Bertz CT molecular complexity index is 650. The highest BCUT2D eigenvalue weighted by Gasteiger charge is 2.03. The van der Waals surface area contributed by atoms with Gasteiger partial charge in [-0.1, -0.05) is 30.3 Å². The number of nitrogens with one attached hydrogen (secondary N) is 1. The summed E-state index contributed by atoms with van der Waals surface area (Å²) in [5.74, 6) is 0.262. The molecule has 3 nitrogen and oxygen atoms in total. The van der Waals surface area contributed by atoms with Crippen LogP contribution in [0, 0.1) is 5.82 Å². The van der Waals surface area contributed by atoms with Gasteiger partial charge in [0.15, 0.2) is 0 Å². The quantitative estimate of drug-likeness (QED) is 0.828. The summed E-state index contributed by atoms with van der Waals surface area (Å²) in [5, 5.41) is 2.80. The third kappa shape index (κ3) is 4.74. The summed E-state index contributed by atoms with van der Waals surface area (Å²) < 4.78 is 18.3. The maximum Gasteiger partial charge on any atom is 0.244 e. The molecule has 0 atom stereocenters. The molecule has 0 saturated heterocycles. The Morgan fingerprint density at radius 2 is 1.91 bits per heavy atom. The van der Waals surface area contributed by atoms with Crippen molar-refractivity contribution in [3.05, 3.63) is 71.6 Å². The molecule has 0 fully saturated rings. The van der Waals surface area contributed by atoms with Gasteiger partial charge in [0.1, 0.15) is 11.6 Å². The first-order chi connectivity index (χ1) is 10.7. The maximum absolute atomic E-state index is 12.8. The molecule has 0 unspecified atom stereocenters. The second-order valence-corrected chi connectivity index (χ2v) is 4.64. The molecule has 4 heteroatoms. The van der Waals surface area contributed by atoms with Crippen LogP contribution in [0.5, 0.6) is 5.75 Å². The highest BCUT2D eigenvalue weighted by atomic mass is 19.1. The van der Waals surface area contributed by atoms with Crippen molar-refractivity contribution in [1.82, 2.24) is 5.32 Å². The molecule has 0 aliphatic carbocycles. The van der Waals surface area contributed by atoms with Gasteiger partial charge in [0, 0.05) is 18.2 Å². The molecule has 1 amide bonds. The smallest absolute Gasteiger partial charge is 0.244 e. The van der Waals surface area contributed by atoms with Gasteiger partial charge >= 0.3 is 0 Å². The van der Waals surface area contributed by atoms with E-state index in [0.29, 0.717) is 13.2 Å². The van der Waals surface area contributed by atoms with Gasteiger partial charge in [-0.3, -0.25) is 4.79 Å². The van der Waals surface area contributed by atoms with Crippen LogP contribution in [0.3, 0.4) is 0 Å². The molecule has 0 bridgehead atoms. The van der Waals surface area contributed by atoms with Crippen LogP contribution in [0.25, 0.3) is 6.08 Å². The minimum atomic E-state index is -0.297. The predicted molar refractivity (Wildman–Crippen MR) is 84.9 cm³/mol. The number of para-hydroxylation sites is 1. The normalized spacial score (nSPS) is 10.6. The van der Waals surface area contributed by atoms with Crippen LogP contribution in [-0.2, 0) is 11.3 Å². The molecule has 0 aromatic heterocycles. The maximum atomic E-state index is 12.8. The number of hydrogen-bond donors (Lipinski definition) is 1. The Morgan fingerprint density at radius 1 is 1.18 bits per heavy atom. The molecule has 22 heavy (non-hydrogen) atoms. The van der Waals surface area contributed by atoms with Gasteiger partial charge < -0.3 is 10.1 Å². The Kier molecular flexibility index (Phi) is 5.72. The first-order valence-electron chi connectivity index (χ1n) is 7.11. The van der Waals surface area contributed by atoms with E-state index in [1.165, 1.54) is 18.2 Å². The van der Waals surface area contributed by atoms with Crippen LogP contribution in [0.15, 0.2) is 54.6 Å². The largest absolute Gasteiger partial charge is 0.494 e. The Morgan fingerprint density at radius 3 is 2.64 bits per heavy atom. The van der Waals surface area contributed by atoms with Crippen LogP contribution in [0.4, 0.5) is 4.39 Å². The van der Waals surface area contributed by atoms with Gasteiger partial charge in [-0.15, -0.1) is 0 Å². The SMILES string of the molecule is CCOc1ccccc1CNC(=O)/C=C/c1ccc(F)cc1. The van der Waals surface area contributed by atoms with E-state index in [2.05, 4.69) is 5.32 Å². The molecule has 0 heterocycles. The molecule has 0 aliphatic rings. The van der Waals surface area contributed by atoms with E-state index in [4.69, 9.17) is 4.74 Å². The monoisotopic (exact) mass is 299 g/mol. The molecular formula is C18H18FNO2. The fourth-order valence-corrected chi connectivity index (χ4v) is 1.93. The average Bonchev–Trinajstić information content (AvgIpc) is 2.54. The lowest BCUT2D eigenvalue weighted by atomic mass is 10.2. The molecular weight excluding hydrogens is 281 g/mol. The van der Waals surface area contributed by atoms with Crippen LogP contribution in [0.2, 0.25) is 0 Å². The minimum Gasteiger partial charge on any atom is -0.494 e. The van der Waals surface area contributed by atoms with E-state index in [1.807, 2.05) is 31.2 Å². The van der Waals surface area contributed by atoms with E-state index in [0.717, 1.165) is 16.9 Å². The number of halogens is 1. The lowest BCUT2D eigenvalue weighted by molar-refractivity contribution is -0.116. The number of rotatable bonds is 6. The van der Waals surface area contributed by atoms with Gasteiger partial charge in [0.2, 0.25) is 5.91 Å². The van der Waals surface area contributed by atoms with E-state index >= 15 is 0 Å². The summed E-state index contributed by atoms with van der Waals surface area (Å²) in [4.78, 5) is 11.8. The number of carbonyl (C=O) groups is 1. The van der Waals surface area contributed by atoms with Crippen LogP contribution < -0.4 is 10.1 Å². The highest BCUT2D eigenvalue weighted by Crippen LogP contribution is 2.17. The number of carbonyl (C=O) groups excluding carboxylic acids is 1. The van der Waals surface area contributed by atoms with Gasteiger partial charge in [0.25, 0.3) is 0 Å². The zero-order valence-corrected chi connectivity index (χ0v) is 12.4. The summed E-state index contributed by atoms with van der Waals surface area (Å²) in [6, 6.07) is 13.5. The molecule has 2 aromatic carbocycles. The molecule has 0 spiro atoms. The zero-order valence-electron chi connectivity index (χ0n) is 12.4. The van der Waals surface area contributed by atoms with Crippen molar-refractivity contribution in [2.75, 3.05) is 6.61 Å². The third-order valence-corrected chi connectivity index (χ3v) is 3.02. The highest BCUT2D eigenvalue weighted by molar-refractivity contribution is 5.91. The van der Waals surface area contributed by atoms with Gasteiger partial charge in [-0.25, -0.2) is 4.39 Å².